The SMILES string of the molecule is CCC=Cc1ccc(B(O)O)cc1. The molecule has 0 unspecified atom stereocenters. The number of rotatable bonds is 3. The minimum absolute atomic E-state index is 0.522. The van der Waals surface area contributed by atoms with Crippen LogP contribution in [0.15, 0.2) is 30.3 Å². The van der Waals surface area contributed by atoms with Crippen molar-refractivity contribution in [1.29, 1.82) is 0 Å². The van der Waals surface area contributed by atoms with E-state index in [0.717, 1.165) is 12.0 Å². The van der Waals surface area contributed by atoms with Crippen LogP contribution in [-0.4, -0.2) is 17.2 Å². The maximum absolute atomic E-state index is 8.83. The third-order valence-electron chi connectivity index (χ3n) is 1.78. The summed E-state index contributed by atoms with van der Waals surface area (Å²) < 4.78 is 0. The van der Waals surface area contributed by atoms with Gasteiger partial charge in [-0.05, 0) is 17.4 Å². The second kappa shape index (κ2) is 4.85. The molecule has 0 bridgehead atoms. The first kappa shape index (κ1) is 10.0. The Bertz CT molecular complexity index is 277. The first-order valence-electron chi connectivity index (χ1n) is 4.36. The van der Waals surface area contributed by atoms with Crippen LogP contribution in [0.4, 0.5) is 0 Å². The van der Waals surface area contributed by atoms with Crippen LogP contribution in [0.3, 0.4) is 0 Å². The number of hydrogen-bond acceptors (Lipinski definition) is 2. The average molecular weight is 176 g/mol. The summed E-state index contributed by atoms with van der Waals surface area (Å²) >= 11 is 0. The van der Waals surface area contributed by atoms with Crippen LogP contribution in [-0.2, 0) is 0 Å². The van der Waals surface area contributed by atoms with Crippen LogP contribution < -0.4 is 5.46 Å². The van der Waals surface area contributed by atoms with Crippen molar-refractivity contribution < 1.29 is 10.0 Å². The van der Waals surface area contributed by atoms with E-state index in [9.17, 15) is 0 Å². The molecule has 0 aliphatic heterocycles. The highest BCUT2D eigenvalue weighted by Crippen LogP contribution is 2.00. The molecule has 1 aromatic carbocycles. The van der Waals surface area contributed by atoms with Crippen molar-refractivity contribution in [3.63, 3.8) is 0 Å². The fourth-order valence-corrected chi connectivity index (χ4v) is 1.03. The summed E-state index contributed by atoms with van der Waals surface area (Å²) in [6, 6.07) is 7.14. The van der Waals surface area contributed by atoms with E-state index in [1.54, 1.807) is 12.1 Å². The normalized spacial score (nSPS) is 10.7. The van der Waals surface area contributed by atoms with Crippen molar-refractivity contribution in [3.8, 4) is 0 Å². The predicted molar refractivity (Wildman–Crippen MR) is 55.6 cm³/mol. The Hall–Kier alpha value is -1.06. The number of benzene rings is 1. The molecule has 0 saturated carbocycles. The van der Waals surface area contributed by atoms with E-state index in [-0.39, 0.29) is 0 Å². The van der Waals surface area contributed by atoms with Gasteiger partial charge in [0.1, 0.15) is 0 Å². The second-order valence-electron chi connectivity index (χ2n) is 2.85. The van der Waals surface area contributed by atoms with E-state index < -0.39 is 7.12 Å². The van der Waals surface area contributed by atoms with Crippen molar-refractivity contribution in [2.24, 2.45) is 0 Å². The summed E-state index contributed by atoms with van der Waals surface area (Å²) in [6.45, 7) is 2.07. The van der Waals surface area contributed by atoms with Crippen molar-refractivity contribution in [3.05, 3.63) is 35.9 Å². The smallest absolute Gasteiger partial charge is 0.423 e. The lowest BCUT2D eigenvalue weighted by atomic mass is 9.80. The van der Waals surface area contributed by atoms with Crippen LogP contribution in [0, 0.1) is 0 Å². The monoisotopic (exact) mass is 176 g/mol. The Morgan fingerprint density at radius 3 is 2.31 bits per heavy atom. The van der Waals surface area contributed by atoms with Gasteiger partial charge in [-0.25, -0.2) is 0 Å². The molecule has 0 aromatic heterocycles. The Kier molecular flexibility index (Phi) is 3.74. The van der Waals surface area contributed by atoms with Gasteiger partial charge in [-0.2, -0.15) is 0 Å². The molecule has 1 rings (SSSR count). The molecular weight excluding hydrogens is 163 g/mol. The van der Waals surface area contributed by atoms with Crippen LogP contribution in [0.2, 0.25) is 0 Å². The van der Waals surface area contributed by atoms with Gasteiger partial charge < -0.3 is 10.0 Å². The zero-order valence-corrected chi connectivity index (χ0v) is 7.64. The summed E-state index contributed by atoms with van der Waals surface area (Å²) in [5, 5.41) is 17.7. The van der Waals surface area contributed by atoms with Gasteiger partial charge in [0, 0.05) is 0 Å². The lowest BCUT2D eigenvalue weighted by molar-refractivity contribution is 0.426. The molecule has 1 aromatic rings. The van der Waals surface area contributed by atoms with Gasteiger partial charge in [0.05, 0.1) is 0 Å². The van der Waals surface area contributed by atoms with Gasteiger partial charge in [-0.15, -0.1) is 0 Å². The van der Waals surface area contributed by atoms with E-state index in [4.69, 9.17) is 10.0 Å². The van der Waals surface area contributed by atoms with Crippen molar-refractivity contribution in [1.82, 2.24) is 0 Å². The molecular formula is C10H13BO2. The topological polar surface area (TPSA) is 40.5 Å². The first-order valence-corrected chi connectivity index (χ1v) is 4.36. The highest BCUT2D eigenvalue weighted by atomic mass is 16.4. The minimum atomic E-state index is -1.37. The summed E-state index contributed by atoms with van der Waals surface area (Å²) in [5.74, 6) is 0. The van der Waals surface area contributed by atoms with Crippen molar-refractivity contribution in [2.45, 2.75) is 13.3 Å². The van der Waals surface area contributed by atoms with Gasteiger partial charge in [0.2, 0.25) is 0 Å². The quantitative estimate of drug-likeness (QED) is 0.668. The maximum Gasteiger partial charge on any atom is 0.488 e. The Labute approximate surface area is 78.7 Å². The van der Waals surface area contributed by atoms with Crippen LogP contribution in [0.1, 0.15) is 18.9 Å². The zero-order chi connectivity index (χ0) is 9.68. The van der Waals surface area contributed by atoms with Gasteiger partial charge >= 0.3 is 7.12 Å². The van der Waals surface area contributed by atoms with E-state index in [0.29, 0.717) is 5.46 Å². The molecule has 68 valence electrons. The third kappa shape index (κ3) is 3.05. The van der Waals surface area contributed by atoms with E-state index >= 15 is 0 Å². The highest BCUT2D eigenvalue weighted by molar-refractivity contribution is 6.58. The summed E-state index contributed by atoms with van der Waals surface area (Å²) in [5.41, 5.74) is 1.60. The molecule has 0 heterocycles. The van der Waals surface area contributed by atoms with Gasteiger partial charge in [0.15, 0.2) is 0 Å². The predicted octanol–water partition coefficient (Wildman–Crippen LogP) is 0.790. The van der Waals surface area contributed by atoms with Gasteiger partial charge in [-0.1, -0.05) is 43.3 Å². The van der Waals surface area contributed by atoms with Crippen LogP contribution >= 0.6 is 0 Å². The summed E-state index contributed by atoms with van der Waals surface area (Å²) in [6.07, 6.45) is 5.07. The molecule has 3 heteroatoms. The lowest BCUT2D eigenvalue weighted by Crippen LogP contribution is -2.29. The molecule has 0 atom stereocenters. The van der Waals surface area contributed by atoms with Crippen molar-refractivity contribution >= 4 is 18.7 Å². The van der Waals surface area contributed by atoms with Gasteiger partial charge in [-0.3, -0.25) is 0 Å². The second-order valence-corrected chi connectivity index (χ2v) is 2.85. The van der Waals surface area contributed by atoms with E-state index in [1.165, 1.54) is 0 Å². The Balaban J connectivity index is 2.75. The number of hydrogen-bond donors (Lipinski definition) is 2. The van der Waals surface area contributed by atoms with E-state index in [2.05, 4.69) is 13.0 Å². The largest absolute Gasteiger partial charge is 0.488 e. The highest BCUT2D eigenvalue weighted by Gasteiger charge is 2.08. The standard InChI is InChI=1S/C10H13BO2/c1-2-3-4-9-5-7-10(8-6-9)11(12)13/h3-8,12-13H,2H2,1H3. The van der Waals surface area contributed by atoms with Crippen LogP contribution in [0.25, 0.3) is 6.08 Å². The van der Waals surface area contributed by atoms with Gasteiger partial charge in [0.25, 0.3) is 0 Å². The molecule has 13 heavy (non-hydrogen) atoms. The molecule has 0 fully saturated rings. The Morgan fingerprint density at radius 2 is 1.85 bits per heavy atom. The Morgan fingerprint density at radius 1 is 1.23 bits per heavy atom. The van der Waals surface area contributed by atoms with Crippen molar-refractivity contribution in [2.75, 3.05) is 0 Å². The zero-order valence-electron chi connectivity index (χ0n) is 7.64. The molecule has 0 spiro atoms. The molecule has 0 radical (unpaired) electrons. The average Bonchev–Trinajstić information content (AvgIpc) is 2.15. The van der Waals surface area contributed by atoms with Crippen LogP contribution in [0.5, 0.6) is 0 Å². The van der Waals surface area contributed by atoms with E-state index in [1.807, 2.05) is 18.2 Å². The summed E-state index contributed by atoms with van der Waals surface area (Å²) in [7, 11) is -1.37. The molecule has 0 aliphatic rings. The fourth-order valence-electron chi connectivity index (χ4n) is 1.03. The number of allylic oxidation sites excluding steroid dienone is 1. The minimum Gasteiger partial charge on any atom is -0.423 e. The molecule has 2 N–H and O–H groups in total. The maximum atomic E-state index is 8.83. The molecule has 0 aliphatic carbocycles. The fraction of sp³-hybridized carbons (Fsp3) is 0.200. The molecule has 0 amide bonds. The lowest BCUT2D eigenvalue weighted by Gasteiger charge is -1.98. The third-order valence-corrected chi connectivity index (χ3v) is 1.78. The summed E-state index contributed by atoms with van der Waals surface area (Å²) in [4.78, 5) is 0. The molecule has 0 saturated heterocycles. The molecule has 2 nitrogen and oxygen atoms in total. The first-order chi connectivity index (χ1) is 6.24.